The highest BCUT2D eigenvalue weighted by atomic mass is 16.5. The lowest BCUT2D eigenvalue weighted by Gasteiger charge is -2.10. The molecule has 25 heavy (non-hydrogen) atoms. The van der Waals surface area contributed by atoms with Crippen molar-refractivity contribution in [3.63, 3.8) is 0 Å². The topological polar surface area (TPSA) is 81.9 Å². The lowest BCUT2D eigenvalue weighted by molar-refractivity contribution is 0.102. The molecule has 0 fully saturated rings. The lowest BCUT2D eigenvalue weighted by Crippen LogP contribution is -2.26. The molecular formula is C18H15N3O4. The fourth-order valence-electron chi connectivity index (χ4n) is 2.62. The van der Waals surface area contributed by atoms with Gasteiger partial charge in [0, 0.05) is 30.6 Å². The Morgan fingerprint density at radius 3 is 2.84 bits per heavy atom. The number of hydrogen-bond acceptors (Lipinski definition) is 5. The minimum atomic E-state index is -0.523. The van der Waals surface area contributed by atoms with Crippen LogP contribution < -0.4 is 20.3 Å². The third kappa shape index (κ3) is 2.91. The normalized spacial score (nSPS) is 13.3. The molecule has 7 nitrogen and oxygen atoms in total. The van der Waals surface area contributed by atoms with Crippen molar-refractivity contribution in [2.24, 2.45) is 0 Å². The zero-order valence-electron chi connectivity index (χ0n) is 13.3. The van der Waals surface area contributed by atoms with Crippen LogP contribution in [-0.4, -0.2) is 28.5 Å². The van der Waals surface area contributed by atoms with E-state index in [0.29, 0.717) is 36.0 Å². The second-order valence-corrected chi connectivity index (χ2v) is 5.57. The molecule has 7 heteroatoms. The van der Waals surface area contributed by atoms with E-state index in [9.17, 15) is 9.59 Å². The molecule has 126 valence electrons. The molecule has 0 bridgehead atoms. The van der Waals surface area contributed by atoms with E-state index in [0.717, 1.165) is 6.42 Å². The number of amides is 1. The third-order valence-electron chi connectivity index (χ3n) is 3.86. The van der Waals surface area contributed by atoms with Crippen LogP contribution in [0.15, 0.2) is 53.6 Å². The number of pyridine rings is 1. The summed E-state index contributed by atoms with van der Waals surface area (Å²) in [5, 5.41) is 2.71. The molecule has 0 atom stereocenters. The number of anilines is 1. The summed E-state index contributed by atoms with van der Waals surface area (Å²) >= 11 is 0. The summed E-state index contributed by atoms with van der Waals surface area (Å²) in [5.41, 5.74) is 0.555. The molecule has 1 aliphatic heterocycles. The van der Waals surface area contributed by atoms with Gasteiger partial charge in [0.1, 0.15) is 11.2 Å². The van der Waals surface area contributed by atoms with Gasteiger partial charge < -0.3 is 14.8 Å². The van der Waals surface area contributed by atoms with E-state index in [-0.39, 0.29) is 5.56 Å². The van der Waals surface area contributed by atoms with Gasteiger partial charge >= 0.3 is 0 Å². The van der Waals surface area contributed by atoms with Gasteiger partial charge in [0.15, 0.2) is 11.5 Å². The SMILES string of the molecule is O=C(Nc1ccc2c(c1)OCCCO2)c1cnc2ccccn2c1=O. The lowest BCUT2D eigenvalue weighted by atomic mass is 10.2. The van der Waals surface area contributed by atoms with Crippen LogP contribution in [0.1, 0.15) is 16.8 Å². The van der Waals surface area contributed by atoms with Gasteiger partial charge in [-0.25, -0.2) is 4.98 Å². The first-order valence-electron chi connectivity index (χ1n) is 7.90. The molecule has 3 heterocycles. The summed E-state index contributed by atoms with van der Waals surface area (Å²) in [6, 6.07) is 10.3. The number of aromatic nitrogens is 2. The average Bonchev–Trinajstić information content (AvgIpc) is 2.87. The third-order valence-corrected chi connectivity index (χ3v) is 3.86. The predicted molar refractivity (Wildman–Crippen MR) is 91.5 cm³/mol. The van der Waals surface area contributed by atoms with Crippen molar-refractivity contribution in [3.05, 3.63) is 64.7 Å². The summed E-state index contributed by atoms with van der Waals surface area (Å²) < 4.78 is 12.5. The minimum Gasteiger partial charge on any atom is -0.490 e. The molecule has 0 saturated carbocycles. The average molecular weight is 337 g/mol. The highest BCUT2D eigenvalue weighted by Gasteiger charge is 2.15. The second kappa shape index (κ2) is 6.27. The molecule has 4 rings (SSSR count). The molecular weight excluding hydrogens is 322 g/mol. The molecule has 2 aromatic heterocycles. The van der Waals surface area contributed by atoms with Crippen LogP contribution >= 0.6 is 0 Å². The molecule has 0 saturated heterocycles. The van der Waals surface area contributed by atoms with Crippen LogP contribution in [0.25, 0.3) is 5.65 Å². The van der Waals surface area contributed by atoms with E-state index in [4.69, 9.17) is 9.47 Å². The molecule has 1 N–H and O–H groups in total. The van der Waals surface area contributed by atoms with Gasteiger partial charge in [-0.1, -0.05) is 6.07 Å². The van der Waals surface area contributed by atoms with E-state index >= 15 is 0 Å². The number of fused-ring (bicyclic) bond motifs is 2. The van der Waals surface area contributed by atoms with Crippen molar-refractivity contribution < 1.29 is 14.3 Å². The van der Waals surface area contributed by atoms with Gasteiger partial charge in [-0.05, 0) is 24.3 Å². The maximum atomic E-state index is 12.5. The number of hydrogen-bond donors (Lipinski definition) is 1. The first-order chi connectivity index (χ1) is 12.2. The van der Waals surface area contributed by atoms with Crippen molar-refractivity contribution in [2.45, 2.75) is 6.42 Å². The smallest absolute Gasteiger partial charge is 0.270 e. The van der Waals surface area contributed by atoms with E-state index in [1.165, 1.54) is 10.6 Å². The molecule has 3 aromatic rings. The Kier molecular flexibility index (Phi) is 3.81. The maximum absolute atomic E-state index is 12.5. The number of nitrogens with zero attached hydrogens (tertiary/aromatic N) is 2. The summed E-state index contributed by atoms with van der Waals surface area (Å²) in [6.45, 7) is 1.15. The Balaban J connectivity index is 1.63. The molecule has 1 aliphatic rings. The van der Waals surface area contributed by atoms with Crippen LogP contribution in [0.4, 0.5) is 5.69 Å². The van der Waals surface area contributed by atoms with Crippen molar-refractivity contribution in [2.75, 3.05) is 18.5 Å². The summed E-state index contributed by atoms with van der Waals surface area (Å²) in [6.07, 6.45) is 3.67. The van der Waals surface area contributed by atoms with Crippen LogP contribution in [0.5, 0.6) is 11.5 Å². The first-order valence-corrected chi connectivity index (χ1v) is 7.90. The number of benzene rings is 1. The van der Waals surface area contributed by atoms with Crippen molar-refractivity contribution in [1.82, 2.24) is 9.38 Å². The number of carbonyl (C=O) groups excluding carboxylic acids is 1. The first kappa shape index (κ1) is 15.2. The van der Waals surface area contributed by atoms with Crippen LogP contribution in [-0.2, 0) is 0 Å². The Labute approximate surface area is 142 Å². The van der Waals surface area contributed by atoms with E-state index < -0.39 is 11.5 Å². The molecule has 0 unspecified atom stereocenters. The van der Waals surface area contributed by atoms with Gasteiger partial charge in [-0.3, -0.25) is 14.0 Å². The standard InChI is InChI=1S/C18H15N3O4/c22-17(13-11-19-16-4-1-2-7-21(16)18(13)23)20-12-5-6-14-15(10-12)25-9-3-8-24-14/h1-2,4-7,10-11H,3,8-9H2,(H,20,22). The molecule has 1 amide bonds. The molecule has 0 radical (unpaired) electrons. The van der Waals surface area contributed by atoms with Crippen LogP contribution in [0.3, 0.4) is 0 Å². The van der Waals surface area contributed by atoms with E-state index in [2.05, 4.69) is 10.3 Å². The predicted octanol–water partition coefficient (Wildman–Crippen LogP) is 2.11. The highest BCUT2D eigenvalue weighted by Crippen LogP contribution is 2.32. The van der Waals surface area contributed by atoms with E-state index in [1.807, 2.05) is 0 Å². The highest BCUT2D eigenvalue weighted by molar-refractivity contribution is 6.04. The molecule has 0 aliphatic carbocycles. The van der Waals surface area contributed by atoms with Crippen molar-refractivity contribution in [3.8, 4) is 11.5 Å². The van der Waals surface area contributed by atoms with Crippen LogP contribution in [0.2, 0.25) is 0 Å². The fourth-order valence-corrected chi connectivity index (χ4v) is 2.62. The van der Waals surface area contributed by atoms with Gasteiger partial charge in [-0.15, -0.1) is 0 Å². The summed E-state index contributed by atoms with van der Waals surface area (Å²) in [4.78, 5) is 29.1. The Morgan fingerprint density at radius 1 is 1.12 bits per heavy atom. The van der Waals surface area contributed by atoms with Crippen molar-refractivity contribution >= 4 is 17.2 Å². The number of rotatable bonds is 2. The Bertz CT molecular complexity index is 1010. The number of nitrogens with one attached hydrogen (secondary N) is 1. The summed E-state index contributed by atoms with van der Waals surface area (Å²) in [5.74, 6) is 0.692. The Morgan fingerprint density at radius 2 is 1.96 bits per heavy atom. The monoisotopic (exact) mass is 337 g/mol. The maximum Gasteiger partial charge on any atom is 0.270 e. The molecule has 1 aromatic carbocycles. The quantitative estimate of drug-likeness (QED) is 0.774. The largest absolute Gasteiger partial charge is 0.490 e. The zero-order valence-corrected chi connectivity index (χ0v) is 13.3. The zero-order chi connectivity index (χ0) is 17.2. The van der Waals surface area contributed by atoms with Gasteiger partial charge in [-0.2, -0.15) is 0 Å². The number of carbonyl (C=O) groups is 1. The fraction of sp³-hybridized carbons (Fsp3) is 0.167. The van der Waals surface area contributed by atoms with E-state index in [1.54, 1.807) is 42.6 Å². The van der Waals surface area contributed by atoms with Gasteiger partial charge in [0.25, 0.3) is 11.5 Å². The van der Waals surface area contributed by atoms with Gasteiger partial charge in [0.2, 0.25) is 0 Å². The van der Waals surface area contributed by atoms with Crippen molar-refractivity contribution in [1.29, 1.82) is 0 Å². The van der Waals surface area contributed by atoms with Gasteiger partial charge in [0.05, 0.1) is 13.2 Å². The summed E-state index contributed by atoms with van der Waals surface area (Å²) in [7, 11) is 0. The Hall–Kier alpha value is -3.35. The second-order valence-electron chi connectivity index (χ2n) is 5.57. The number of ether oxygens (including phenoxy) is 2. The minimum absolute atomic E-state index is 0.0317. The van der Waals surface area contributed by atoms with Crippen LogP contribution in [0, 0.1) is 0 Å². The molecule has 0 spiro atoms.